The predicted octanol–water partition coefficient (Wildman–Crippen LogP) is 2.71. The van der Waals surface area contributed by atoms with Crippen molar-refractivity contribution >= 4 is 36.7 Å². The third kappa shape index (κ3) is 5.35. The molecule has 1 atom stereocenters. The molecule has 0 aliphatic carbocycles. The Morgan fingerprint density at radius 3 is 2.59 bits per heavy atom. The number of nitrogen functional groups attached to an aromatic ring is 1. The van der Waals surface area contributed by atoms with Gasteiger partial charge in [0.05, 0.1) is 0 Å². The lowest BCUT2D eigenvalue weighted by Crippen LogP contribution is -2.12. The normalized spacial score (nSPS) is 11.8. The zero-order valence-electron chi connectivity index (χ0n) is 9.81. The summed E-state index contributed by atoms with van der Waals surface area (Å²) in [6, 6.07) is 0.0761. The Kier molecular flexibility index (Phi) is 9.02. The van der Waals surface area contributed by atoms with Crippen LogP contribution in [0.1, 0.15) is 24.5 Å². The molecule has 0 aliphatic heterocycles. The average Bonchev–Trinajstić information content (AvgIpc) is 2.18. The van der Waals surface area contributed by atoms with E-state index in [1.807, 2.05) is 13.0 Å². The summed E-state index contributed by atoms with van der Waals surface area (Å²) < 4.78 is 13.6. The second-order valence-electron chi connectivity index (χ2n) is 3.65. The van der Waals surface area contributed by atoms with E-state index >= 15 is 0 Å². The van der Waals surface area contributed by atoms with Gasteiger partial charge in [-0.1, -0.05) is 12.2 Å². The van der Waals surface area contributed by atoms with Crippen molar-refractivity contribution in [2.75, 3.05) is 5.73 Å². The van der Waals surface area contributed by atoms with Crippen molar-refractivity contribution in [1.82, 2.24) is 4.98 Å². The van der Waals surface area contributed by atoms with Gasteiger partial charge in [-0.15, -0.1) is 24.8 Å². The third-order valence-corrected chi connectivity index (χ3v) is 2.11. The predicted molar refractivity (Wildman–Crippen MR) is 75.1 cm³/mol. The van der Waals surface area contributed by atoms with Crippen LogP contribution in [0.4, 0.5) is 10.2 Å². The molecule has 0 aromatic carbocycles. The molecule has 3 nitrogen and oxygen atoms in total. The molecule has 0 radical (unpaired) electrons. The first-order valence-electron chi connectivity index (χ1n) is 4.85. The van der Waals surface area contributed by atoms with E-state index in [0.29, 0.717) is 17.5 Å². The van der Waals surface area contributed by atoms with Crippen LogP contribution >= 0.6 is 24.8 Å². The first-order chi connectivity index (χ1) is 7.02. The summed E-state index contributed by atoms with van der Waals surface area (Å²) >= 11 is 0. The van der Waals surface area contributed by atoms with Crippen molar-refractivity contribution in [3.8, 4) is 0 Å². The van der Waals surface area contributed by atoms with Crippen LogP contribution in [-0.2, 0) is 0 Å². The van der Waals surface area contributed by atoms with Crippen LogP contribution in [0.5, 0.6) is 0 Å². The lowest BCUT2D eigenvalue weighted by Gasteiger charge is -2.03. The standard InChI is InChI=1S/C11H16FN3.2ClH/c1-7(13)4-3-5-9-6-15-11(14)8(2)10(9)12;;/h3,5-7H,4,13H2,1-2H3,(H2,14,15);2*1H/b5-3+;;/t7-;;/m0../s1. The van der Waals surface area contributed by atoms with Gasteiger partial charge in [-0.05, 0) is 20.3 Å². The Morgan fingerprint density at radius 1 is 1.47 bits per heavy atom. The van der Waals surface area contributed by atoms with Crippen LogP contribution in [0.25, 0.3) is 6.08 Å². The molecule has 98 valence electrons. The number of aromatic nitrogens is 1. The van der Waals surface area contributed by atoms with Crippen molar-refractivity contribution in [3.05, 3.63) is 29.2 Å². The molecule has 0 amide bonds. The number of nitrogens with zero attached hydrogens (tertiary/aromatic N) is 1. The smallest absolute Gasteiger partial charge is 0.138 e. The first kappa shape index (κ1) is 18.5. The van der Waals surface area contributed by atoms with Gasteiger partial charge in [0.25, 0.3) is 0 Å². The molecule has 1 aromatic heterocycles. The Morgan fingerprint density at radius 2 is 2.06 bits per heavy atom. The molecule has 1 heterocycles. The maximum absolute atomic E-state index is 13.6. The summed E-state index contributed by atoms with van der Waals surface area (Å²) in [5.74, 6) is -0.0831. The molecule has 0 fully saturated rings. The van der Waals surface area contributed by atoms with Gasteiger partial charge < -0.3 is 11.5 Å². The molecule has 1 aromatic rings. The van der Waals surface area contributed by atoms with Crippen LogP contribution in [-0.4, -0.2) is 11.0 Å². The first-order valence-corrected chi connectivity index (χ1v) is 4.85. The fourth-order valence-corrected chi connectivity index (χ4v) is 1.15. The van der Waals surface area contributed by atoms with Crippen molar-refractivity contribution in [3.63, 3.8) is 0 Å². The van der Waals surface area contributed by atoms with Crippen molar-refractivity contribution in [1.29, 1.82) is 0 Å². The Hall–Kier alpha value is -0.840. The van der Waals surface area contributed by atoms with Crippen molar-refractivity contribution in [2.45, 2.75) is 26.3 Å². The monoisotopic (exact) mass is 281 g/mol. The minimum Gasteiger partial charge on any atom is -0.383 e. The molecular weight excluding hydrogens is 264 g/mol. The molecule has 17 heavy (non-hydrogen) atoms. The van der Waals surface area contributed by atoms with E-state index in [1.165, 1.54) is 6.20 Å². The number of halogens is 3. The SMILES string of the molecule is Cc1c(N)ncc(/C=C/C[C@H](C)N)c1F.Cl.Cl. The summed E-state index contributed by atoms with van der Waals surface area (Å²) in [5, 5.41) is 0. The van der Waals surface area contributed by atoms with E-state index in [4.69, 9.17) is 11.5 Å². The fourth-order valence-electron chi connectivity index (χ4n) is 1.15. The number of nitrogens with two attached hydrogens (primary N) is 2. The molecule has 0 spiro atoms. The topological polar surface area (TPSA) is 64.9 Å². The van der Waals surface area contributed by atoms with Gasteiger partial charge >= 0.3 is 0 Å². The van der Waals surface area contributed by atoms with Crippen molar-refractivity contribution < 1.29 is 4.39 Å². The number of hydrogen-bond acceptors (Lipinski definition) is 3. The van der Waals surface area contributed by atoms with Crippen LogP contribution in [0, 0.1) is 12.7 Å². The Labute approximate surface area is 113 Å². The zero-order valence-corrected chi connectivity index (χ0v) is 11.4. The zero-order chi connectivity index (χ0) is 11.4. The van der Waals surface area contributed by atoms with Crippen molar-refractivity contribution in [2.24, 2.45) is 5.73 Å². The number of anilines is 1. The molecule has 4 N–H and O–H groups in total. The minimum absolute atomic E-state index is 0. The van der Waals surface area contributed by atoms with Gasteiger partial charge in [0.15, 0.2) is 0 Å². The lowest BCUT2D eigenvalue weighted by molar-refractivity contribution is 0.614. The maximum Gasteiger partial charge on any atom is 0.138 e. The summed E-state index contributed by atoms with van der Waals surface area (Å²) in [6.45, 7) is 3.51. The van der Waals surface area contributed by atoms with E-state index < -0.39 is 0 Å². The van der Waals surface area contributed by atoms with Crippen LogP contribution in [0.15, 0.2) is 12.3 Å². The van der Waals surface area contributed by atoms with Crippen LogP contribution in [0.3, 0.4) is 0 Å². The quantitative estimate of drug-likeness (QED) is 0.895. The Bertz CT molecular complexity index is 381. The highest BCUT2D eigenvalue weighted by Crippen LogP contribution is 2.17. The molecule has 0 aliphatic rings. The summed E-state index contributed by atoms with van der Waals surface area (Å²) in [6.07, 6.45) is 5.65. The third-order valence-electron chi connectivity index (χ3n) is 2.11. The largest absolute Gasteiger partial charge is 0.383 e. The van der Waals surface area contributed by atoms with E-state index in [1.54, 1.807) is 13.0 Å². The van der Waals surface area contributed by atoms with Gasteiger partial charge in [0, 0.05) is 23.4 Å². The minimum atomic E-state index is -0.316. The van der Waals surface area contributed by atoms with Crippen LogP contribution in [0.2, 0.25) is 0 Å². The number of rotatable bonds is 3. The average molecular weight is 282 g/mol. The molecule has 1 rings (SSSR count). The van der Waals surface area contributed by atoms with E-state index in [0.717, 1.165) is 0 Å². The molecule has 0 bridgehead atoms. The van der Waals surface area contributed by atoms with E-state index in [2.05, 4.69) is 4.98 Å². The van der Waals surface area contributed by atoms with Gasteiger partial charge in [0.1, 0.15) is 11.6 Å². The molecule has 6 heteroatoms. The number of pyridine rings is 1. The van der Waals surface area contributed by atoms with Gasteiger partial charge in [-0.2, -0.15) is 0 Å². The highest BCUT2D eigenvalue weighted by atomic mass is 35.5. The highest BCUT2D eigenvalue weighted by Gasteiger charge is 2.06. The highest BCUT2D eigenvalue weighted by molar-refractivity contribution is 5.85. The molecule has 0 unspecified atom stereocenters. The van der Waals surface area contributed by atoms with Gasteiger partial charge in [-0.3, -0.25) is 0 Å². The second-order valence-corrected chi connectivity index (χ2v) is 3.65. The molecule has 0 saturated heterocycles. The fraction of sp³-hybridized carbons (Fsp3) is 0.364. The lowest BCUT2D eigenvalue weighted by atomic mass is 10.1. The number of hydrogen-bond donors (Lipinski definition) is 2. The summed E-state index contributed by atoms with van der Waals surface area (Å²) in [4.78, 5) is 3.89. The summed E-state index contributed by atoms with van der Waals surface area (Å²) in [5.41, 5.74) is 11.9. The van der Waals surface area contributed by atoms with E-state index in [-0.39, 0.29) is 42.5 Å². The molecule has 0 saturated carbocycles. The van der Waals surface area contributed by atoms with Gasteiger partial charge in [-0.25, -0.2) is 9.37 Å². The maximum atomic E-state index is 13.6. The Balaban J connectivity index is 0. The second kappa shape index (κ2) is 8.28. The molecular formula is C11H18Cl2FN3. The summed E-state index contributed by atoms with van der Waals surface area (Å²) in [7, 11) is 0. The van der Waals surface area contributed by atoms with E-state index in [9.17, 15) is 4.39 Å². The van der Waals surface area contributed by atoms with Gasteiger partial charge in [0.2, 0.25) is 0 Å². The van der Waals surface area contributed by atoms with Crippen LogP contribution < -0.4 is 11.5 Å².